The Balaban J connectivity index is 1.90. The summed E-state index contributed by atoms with van der Waals surface area (Å²) in [6.07, 6.45) is 7.59. The van der Waals surface area contributed by atoms with Gasteiger partial charge in [0.15, 0.2) is 0 Å². The second-order valence-corrected chi connectivity index (χ2v) is 7.99. The van der Waals surface area contributed by atoms with Crippen LogP contribution in [0, 0.1) is 15.5 Å². The Morgan fingerprint density at radius 1 is 1.38 bits per heavy atom. The number of aromatic nitrogens is 2. The Kier molecular flexibility index (Phi) is 4.80. The van der Waals surface area contributed by atoms with E-state index in [9.17, 15) is 14.9 Å². The van der Waals surface area contributed by atoms with Gasteiger partial charge in [-0.05, 0) is 36.8 Å². The first-order valence-electron chi connectivity index (χ1n) is 8.84. The summed E-state index contributed by atoms with van der Waals surface area (Å²) in [4.78, 5) is 29.9. The van der Waals surface area contributed by atoms with Crippen LogP contribution in [0.4, 0.5) is 5.69 Å². The number of benzene rings is 1. The van der Waals surface area contributed by atoms with Gasteiger partial charge in [0.1, 0.15) is 5.69 Å². The Hall–Kier alpha value is -2.70. The van der Waals surface area contributed by atoms with E-state index in [4.69, 9.17) is 0 Å². The first-order valence-corrected chi connectivity index (χ1v) is 8.84. The lowest BCUT2D eigenvalue weighted by atomic mass is 9.87. The number of hydrogen-bond donors (Lipinski definition) is 0. The van der Waals surface area contributed by atoms with Gasteiger partial charge in [-0.3, -0.25) is 14.9 Å². The van der Waals surface area contributed by atoms with E-state index in [-0.39, 0.29) is 23.1 Å². The molecule has 0 saturated carbocycles. The summed E-state index contributed by atoms with van der Waals surface area (Å²) < 4.78 is 1.57. The van der Waals surface area contributed by atoms with Crippen LogP contribution in [0.3, 0.4) is 0 Å². The van der Waals surface area contributed by atoms with Gasteiger partial charge in [0.25, 0.3) is 11.6 Å². The molecule has 0 aliphatic carbocycles. The predicted molar refractivity (Wildman–Crippen MR) is 98.3 cm³/mol. The van der Waals surface area contributed by atoms with E-state index in [1.165, 1.54) is 12.4 Å². The van der Waals surface area contributed by atoms with Gasteiger partial charge in [0.05, 0.1) is 11.3 Å². The normalized spacial score (nSPS) is 17.5. The van der Waals surface area contributed by atoms with Gasteiger partial charge in [0, 0.05) is 36.6 Å². The molecule has 1 atom stereocenters. The highest BCUT2D eigenvalue weighted by atomic mass is 16.6. The summed E-state index contributed by atoms with van der Waals surface area (Å²) in [5, 5.41) is 11.5. The number of carbonyl (C=O) groups is 1. The number of imidazole rings is 1. The second kappa shape index (κ2) is 6.90. The molecule has 1 aromatic carbocycles. The smallest absolute Gasteiger partial charge is 0.294 e. The van der Waals surface area contributed by atoms with Crippen molar-refractivity contribution in [3.8, 4) is 5.69 Å². The molecule has 1 aliphatic heterocycles. The minimum Gasteiger partial charge on any atom is -0.336 e. The van der Waals surface area contributed by atoms with Gasteiger partial charge >= 0.3 is 0 Å². The lowest BCUT2D eigenvalue weighted by Gasteiger charge is -2.30. The highest BCUT2D eigenvalue weighted by Crippen LogP contribution is 2.32. The van der Waals surface area contributed by atoms with Crippen LogP contribution in [0.15, 0.2) is 36.9 Å². The van der Waals surface area contributed by atoms with Crippen LogP contribution >= 0.6 is 0 Å². The molecule has 0 N–H and O–H groups in total. The third kappa shape index (κ3) is 3.76. The minimum atomic E-state index is -0.456. The van der Waals surface area contributed by atoms with Crippen molar-refractivity contribution in [2.24, 2.45) is 5.41 Å². The highest BCUT2D eigenvalue weighted by molar-refractivity contribution is 5.95. The maximum atomic E-state index is 13.0. The summed E-state index contributed by atoms with van der Waals surface area (Å²) in [6, 6.07) is 4.85. The summed E-state index contributed by atoms with van der Waals surface area (Å²) in [6.45, 7) is 7.20. The van der Waals surface area contributed by atoms with Crippen LogP contribution in [-0.2, 0) is 0 Å². The third-order valence-electron chi connectivity index (χ3n) is 4.69. The van der Waals surface area contributed by atoms with Crippen molar-refractivity contribution in [3.05, 3.63) is 52.6 Å². The van der Waals surface area contributed by atoms with Crippen molar-refractivity contribution in [1.29, 1.82) is 0 Å². The monoisotopic (exact) mass is 356 g/mol. The standard InChI is InChI=1S/C19H24N4O3/c1-19(2,3)12-15-5-4-9-22(15)18(24)14-6-7-16(17(11-14)23(25)26)21-10-8-20-13-21/h6-8,10-11,13,15H,4-5,9,12H2,1-3H3. The molecule has 26 heavy (non-hydrogen) atoms. The summed E-state index contributed by atoms with van der Waals surface area (Å²) in [5.74, 6) is -0.128. The Labute approximate surface area is 152 Å². The molecule has 1 fully saturated rings. The molecule has 0 spiro atoms. The van der Waals surface area contributed by atoms with Crippen molar-refractivity contribution >= 4 is 11.6 Å². The molecule has 7 nitrogen and oxygen atoms in total. The first-order chi connectivity index (χ1) is 12.3. The van der Waals surface area contributed by atoms with E-state index in [2.05, 4.69) is 25.8 Å². The lowest BCUT2D eigenvalue weighted by Crippen LogP contribution is -2.37. The molecule has 138 valence electrons. The fourth-order valence-electron chi connectivity index (χ4n) is 3.61. The van der Waals surface area contributed by atoms with Gasteiger partial charge in [0.2, 0.25) is 0 Å². The first kappa shape index (κ1) is 18.1. The molecular formula is C19H24N4O3. The molecule has 1 saturated heterocycles. The highest BCUT2D eigenvalue weighted by Gasteiger charge is 2.33. The number of nitro benzene ring substituents is 1. The van der Waals surface area contributed by atoms with Gasteiger partial charge in [-0.1, -0.05) is 20.8 Å². The summed E-state index contributed by atoms with van der Waals surface area (Å²) in [5.41, 5.74) is 0.795. The van der Waals surface area contributed by atoms with Gasteiger partial charge in [-0.25, -0.2) is 4.98 Å². The van der Waals surface area contributed by atoms with E-state index in [1.807, 2.05) is 4.90 Å². The number of nitro groups is 1. The van der Waals surface area contributed by atoms with E-state index in [1.54, 1.807) is 29.1 Å². The van der Waals surface area contributed by atoms with Crippen LogP contribution < -0.4 is 0 Å². The lowest BCUT2D eigenvalue weighted by molar-refractivity contribution is -0.384. The molecule has 0 bridgehead atoms. The van der Waals surface area contributed by atoms with Crippen LogP contribution in [0.5, 0.6) is 0 Å². The molecule has 0 radical (unpaired) electrons. The molecule has 1 unspecified atom stereocenters. The van der Waals surface area contributed by atoms with Crippen LogP contribution in [0.1, 0.15) is 50.4 Å². The SMILES string of the molecule is CC(C)(C)CC1CCCN1C(=O)c1ccc(-n2ccnc2)c([N+](=O)[O-])c1. The predicted octanol–water partition coefficient (Wildman–Crippen LogP) is 3.82. The third-order valence-corrected chi connectivity index (χ3v) is 4.69. The number of nitrogens with zero attached hydrogens (tertiary/aromatic N) is 4. The average molecular weight is 356 g/mol. The fourth-order valence-corrected chi connectivity index (χ4v) is 3.61. The maximum Gasteiger partial charge on any atom is 0.294 e. The molecule has 1 amide bonds. The fraction of sp³-hybridized carbons (Fsp3) is 0.474. The van der Waals surface area contributed by atoms with Gasteiger partial charge < -0.3 is 9.47 Å². The van der Waals surface area contributed by atoms with Crippen molar-refractivity contribution in [3.63, 3.8) is 0 Å². The Bertz CT molecular complexity index is 809. The average Bonchev–Trinajstić information content (AvgIpc) is 3.23. The zero-order valence-corrected chi connectivity index (χ0v) is 15.4. The number of amides is 1. The molecule has 2 heterocycles. The summed E-state index contributed by atoms with van der Waals surface area (Å²) >= 11 is 0. The summed E-state index contributed by atoms with van der Waals surface area (Å²) in [7, 11) is 0. The molecule has 1 aliphatic rings. The topological polar surface area (TPSA) is 81.3 Å². The van der Waals surface area contributed by atoms with Crippen molar-refractivity contribution in [2.45, 2.75) is 46.1 Å². The van der Waals surface area contributed by atoms with Crippen LogP contribution in [0.2, 0.25) is 0 Å². The van der Waals surface area contributed by atoms with Crippen molar-refractivity contribution < 1.29 is 9.72 Å². The van der Waals surface area contributed by atoms with Crippen LogP contribution in [0.25, 0.3) is 5.69 Å². The van der Waals surface area contributed by atoms with Gasteiger partial charge in [-0.15, -0.1) is 0 Å². The number of hydrogen-bond acceptors (Lipinski definition) is 4. The molecule has 2 aromatic rings. The van der Waals surface area contributed by atoms with E-state index in [0.717, 1.165) is 19.3 Å². The zero-order chi connectivity index (χ0) is 18.9. The number of rotatable bonds is 4. The Morgan fingerprint density at radius 3 is 2.77 bits per heavy atom. The van der Waals surface area contributed by atoms with Crippen molar-refractivity contribution in [1.82, 2.24) is 14.5 Å². The van der Waals surface area contributed by atoms with E-state index < -0.39 is 4.92 Å². The van der Waals surface area contributed by atoms with Crippen LogP contribution in [-0.4, -0.2) is 37.9 Å². The molecule has 1 aromatic heterocycles. The van der Waals surface area contributed by atoms with Crippen molar-refractivity contribution in [2.75, 3.05) is 6.54 Å². The van der Waals surface area contributed by atoms with Gasteiger partial charge in [-0.2, -0.15) is 0 Å². The largest absolute Gasteiger partial charge is 0.336 e. The van der Waals surface area contributed by atoms with E-state index in [0.29, 0.717) is 17.8 Å². The quantitative estimate of drug-likeness (QED) is 0.616. The molecular weight excluding hydrogens is 332 g/mol. The second-order valence-electron chi connectivity index (χ2n) is 7.99. The minimum absolute atomic E-state index is 0.0968. The Morgan fingerprint density at radius 2 is 2.15 bits per heavy atom. The van der Waals surface area contributed by atoms with E-state index >= 15 is 0 Å². The maximum absolute atomic E-state index is 13.0. The molecule has 7 heteroatoms. The number of likely N-dealkylation sites (tertiary alicyclic amines) is 1. The molecule has 3 rings (SSSR count). The number of carbonyl (C=O) groups excluding carboxylic acids is 1. The zero-order valence-electron chi connectivity index (χ0n) is 15.4.